The minimum Gasteiger partial charge on any atom is -0.399 e. The van der Waals surface area contributed by atoms with Gasteiger partial charge < -0.3 is 10.3 Å². The van der Waals surface area contributed by atoms with Gasteiger partial charge in [-0.2, -0.15) is 4.98 Å². The number of anilines is 1. The molecule has 1 aliphatic rings. The Morgan fingerprint density at radius 2 is 2.00 bits per heavy atom. The molecule has 0 bridgehead atoms. The average Bonchev–Trinajstić information content (AvgIpc) is 2.88. The fourth-order valence-electron chi connectivity index (χ4n) is 2.48. The largest absolute Gasteiger partial charge is 0.399 e. The lowest BCUT2D eigenvalue weighted by Crippen LogP contribution is -2.23. The van der Waals surface area contributed by atoms with Crippen molar-refractivity contribution in [2.24, 2.45) is 0 Å². The van der Waals surface area contributed by atoms with Crippen molar-refractivity contribution in [3.8, 4) is 11.4 Å². The molecule has 0 spiro atoms. The predicted octanol–water partition coefficient (Wildman–Crippen LogP) is 3.61. The Labute approximate surface area is 115 Å². The summed E-state index contributed by atoms with van der Waals surface area (Å²) in [7, 11) is 0. The fourth-order valence-corrected chi connectivity index (χ4v) is 2.48. The van der Waals surface area contributed by atoms with Gasteiger partial charge in [0.15, 0.2) is 0 Å². The topological polar surface area (TPSA) is 64.9 Å². The molecular weight excluding hydrogens is 264 g/mol. The van der Waals surface area contributed by atoms with Crippen LogP contribution in [0.5, 0.6) is 0 Å². The number of alkyl halides is 2. The maximum Gasteiger partial charge on any atom is 0.248 e. The Balaban J connectivity index is 1.78. The molecule has 4 nitrogen and oxygen atoms in total. The van der Waals surface area contributed by atoms with Crippen LogP contribution in [0.25, 0.3) is 11.4 Å². The Kier molecular flexibility index (Phi) is 3.16. The highest BCUT2D eigenvalue weighted by Gasteiger charge is 2.37. The number of aromatic nitrogens is 2. The zero-order valence-corrected chi connectivity index (χ0v) is 10.9. The van der Waals surface area contributed by atoms with Crippen molar-refractivity contribution in [2.75, 3.05) is 5.73 Å². The Bertz CT molecular complexity index is 602. The summed E-state index contributed by atoms with van der Waals surface area (Å²) >= 11 is 0. The smallest absolute Gasteiger partial charge is 0.248 e. The fraction of sp³-hybridized carbons (Fsp3) is 0.429. The molecule has 0 amide bonds. The predicted molar refractivity (Wildman–Crippen MR) is 70.3 cm³/mol. The molecule has 0 saturated heterocycles. The summed E-state index contributed by atoms with van der Waals surface area (Å²) < 4.78 is 31.5. The van der Waals surface area contributed by atoms with E-state index in [0.29, 0.717) is 30.2 Å². The molecule has 1 aromatic heterocycles. The van der Waals surface area contributed by atoms with E-state index in [1.54, 1.807) is 12.1 Å². The van der Waals surface area contributed by atoms with Crippen LogP contribution >= 0.6 is 0 Å². The number of halogens is 2. The van der Waals surface area contributed by atoms with Crippen LogP contribution in [0, 0.1) is 0 Å². The molecule has 0 atom stereocenters. The highest BCUT2D eigenvalue weighted by Crippen LogP contribution is 2.40. The molecule has 3 rings (SSSR count). The molecule has 1 saturated carbocycles. The van der Waals surface area contributed by atoms with Gasteiger partial charge in [-0.05, 0) is 25.0 Å². The van der Waals surface area contributed by atoms with E-state index in [2.05, 4.69) is 10.1 Å². The lowest BCUT2D eigenvalue weighted by atomic mass is 9.87. The third-order valence-electron chi connectivity index (χ3n) is 3.65. The van der Waals surface area contributed by atoms with Gasteiger partial charge in [-0.15, -0.1) is 0 Å². The summed E-state index contributed by atoms with van der Waals surface area (Å²) in [6.45, 7) is 0. The van der Waals surface area contributed by atoms with E-state index in [4.69, 9.17) is 10.3 Å². The zero-order chi connectivity index (χ0) is 14.2. The summed E-state index contributed by atoms with van der Waals surface area (Å²) in [5.41, 5.74) is 7.09. The van der Waals surface area contributed by atoms with Crippen molar-refractivity contribution < 1.29 is 13.3 Å². The van der Waals surface area contributed by atoms with Crippen LogP contribution in [0.2, 0.25) is 0 Å². The number of rotatable bonds is 2. The summed E-state index contributed by atoms with van der Waals surface area (Å²) in [5, 5.41) is 3.91. The minimum absolute atomic E-state index is 0.0723. The molecular formula is C14H15F2N3O. The molecule has 2 aromatic rings. The van der Waals surface area contributed by atoms with Crippen molar-refractivity contribution in [1.29, 1.82) is 0 Å². The minimum atomic E-state index is -2.55. The first kappa shape index (κ1) is 13.0. The van der Waals surface area contributed by atoms with Crippen LogP contribution in [0.3, 0.4) is 0 Å². The maximum absolute atomic E-state index is 13.1. The molecule has 20 heavy (non-hydrogen) atoms. The summed E-state index contributed by atoms with van der Waals surface area (Å²) in [4.78, 5) is 4.31. The first-order valence-corrected chi connectivity index (χ1v) is 6.61. The first-order chi connectivity index (χ1) is 9.53. The van der Waals surface area contributed by atoms with Crippen LogP contribution < -0.4 is 5.73 Å². The first-order valence-electron chi connectivity index (χ1n) is 6.61. The van der Waals surface area contributed by atoms with Gasteiger partial charge in [0.1, 0.15) is 0 Å². The van der Waals surface area contributed by atoms with E-state index in [9.17, 15) is 8.78 Å². The molecule has 1 heterocycles. The number of nitrogen functional groups attached to an aromatic ring is 1. The van der Waals surface area contributed by atoms with E-state index in [0.717, 1.165) is 5.56 Å². The van der Waals surface area contributed by atoms with Crippen LogP contribution in [0.15, 0.2) is 28.8 Å². The monoisotopic (exact) mass is 279 g/mol. The van der Waals surface area contributed by atoms with Crippen molar-refractivity contribution in [1.82, 2.24) is 10.1 Å². The average molecular weight is 279 g/mol. The van der Waals surface area contributed by atoms with Gasteiger partial charge in [0.2, 0.25) is 17.6 Å². The highest BCUT2D eigenvalue weighted by atomic mass is 19.3. The summed E-state index contributed by atoms with van der Waals surface area (Å²) in [6, 6.07) is 7.17. The lowest BCUT2D eigenvalue weighted by Gasteiger charge is -2.25. The van der Waals surface area contributed by atoms with Gasteiger partial charge in [-0.3, -0.25) is 0 Å². The van der Waals surface area contributed by atoms with Gasteiger partial charge in [0, 0.05) is 30.0 Å². The van der Waals surface area contributed by atoms with Crippen LogP contribution in [-0.4, -0.2) is 16.1 Å². The van der Waals surface area contributed by atoms with E-state index in [1.165, 1.54) is 0 Å². The van der Waals surface area contributed by atoms with Crippen LogP contribution in [-0.2, 0) is 0 Å². The molecule has 0 aliphatic heterocycles. The molecule has 1 fully saturated rings. The van der Waals surface area contributed by atoms with Crippen molar-refractivity contribution in [3.05, 3.63) is 30.2 Å². The van der Waals surface area contributed by atoms with Crippen molar-refractivity contribution in [2.45, 2.75) is 37.5 Å². The third kappa shape index (κ3) is 2.64. The maximum atomic E-state index is 13.1. The SMILES string of the molecule is Nc1cccc(-c2noc(C3CCC(F)(F)CC3)n2)c1. The van der Waals surface area contributed by atoms with Gasteiger partial charge in [0.25, 0.3) is 0 Å². The Hall–Kier alpha value is -1.98. The number of nitrogens with two attached hydrogens (primary N) is 1. The second kappa shape index (κ2) is 4.85. The second-order valence-electron chi connectivity index (χ2n) is 5.21. The Morgan fingerprint density at radius 3 is 2.70 bits per heavy atom. The van der Waals surface area contributed by atoms with E-state index >= 15 is 0 Å². The number of hydrogen-bond donors (Lipinski definition) is 1. The lowest BCUT2D eigenvalue weighted by molar-refractivity contribution is -0.0402. The third-order valence-corrected chi connectivity index (χ3v) is 3.65. The second-order valence-corrected chi connectivity index (χ2v) is 5.21. The number of nitrogens with zero attached hydrogens (tertiary/aromatic N) is 2. The molecule has 2 N–H and O–H groups in total. The van der Waals surface area contributed by atoms with Crippen LogP contribution in [0.4, 0.5) is 14.5 Å². The zero-order valence-electron chi connectivity index (χ0n) is 10.9. The van der Waals surface area contributed by atoms with Crippen molar-refractivity contribution >= 4 is 5.69 Å². The van der Waals surface area contributed by atoms with Gasteiger partial charge >= 0.3 is 0 Å². The Morgan fingerprint density at radius 1 is 1.25 bits per heavy atom. The van der Waals surface area contributed by atoms with Gasteiger partial charge in [0.05, 0.1) is 0 Å². The molecule has 6 heteroatoms. The highest BCUT2D eigenvalue weighted by molar-refractivity contribution is 5.60. The summed E-state index contributed by atoms with van der Waals surface area (Å²) in [6.07, 6.45) is 0.526. The molecule has 106 valence electrons. The van der Waals surface area contributed by atoms with Gasteiger partial charge in [-0.25, -0.2) is 8.78 Å². The van der Waals surface area contributed by atoms with E-state index in [-0.39, 0.29) is 18.8 Å². The number of benzene rings is 1. The normalized spacial score (nSPS) is 19.1. The quantitative estimate of drug-likeness (QED) is 0.853. The molecule has 0 unspecified atom stereocenters. The van der Waals surface area contributed by atoms with E-state index < -0.39 is 5.92 Å². The number of hydrogen-bond acceptors (Lipinski definition) is 4. The van der Waals surface area contributed by atoms with Crippen molar-refractivity contribution in [3.63, 3.8) is 0 Å². The molecule has 1 aliphatic carbocycles. The molecule has 1 aromatic carbocycles. The van der Waals surface area contributed by atoms with Gasteiger partial charge in [-0.1, -0.05) is 17.3 Å². The molecule has 0 radical (unpaired) electrons. The van der Waals surface area contributed by atoms with Crippen LogP contribution in [0.1, 0.15) is 37.5 Å². The summed E-state index contributed by atoms with van der Waals surface area (Å²) in [5.74, 6) is -1.73. The standard InChI is InChI=1S/C14H15F2N3O/c15-14(16)6-4-9(5-7-14)13-18-12(19-20-13)10-2-1-3-11(17)8-10/h1-3,8-9H,4-7,17H2. The van der Waals surface area contributed by atoms with E-state index in [1.807, 2.05) is 12.1 Å².